The van der Waals surface area contributed by atoms with Crippen LogP contribution in [0.4, 0.5) is 0 Å². The van der Waals surface area contributed by atoms with Crippen LogP contribution in [0, 0.1) is 0 Å². The monoisotopic (exact) mass is 213 g/mol. The number of hydrogen-bond acceptors (Lipinski definition) is 3. The van der Waals surface area contributed by atoms with Crippen LogP contribution in [0.15, 0.2) is 0 Å². The number of likely N-dealkylation sites (tertiary alicyclic amines) is 1. The fourth-order valence-corrected chi connectivity index (χ4v) is 2.29. The van der Waals surface area contributed by atoms with Crippen LogP contribution in [0.3, 0.4) is 0 Å². The molecule has 3 heteroatoms. The quantitative estimate of drug-likeness (QED) is 0.698. The number of carbonyl (C=O) groups is 1. The molecule has 1 aliphatic rings. The van der Waals surface area contributed by atoms with Crippen molar-refractivity contribution >= 4 is 5.78 Å². The van der Waals surface area contributed by atoms with Crippen molar-refractivity contribution in [3.63, 3.8) is 0 Å². The number of nitrogens with zero attached hydrogens (tertiary/aromatic N) is 1. The summed E-state index contributed by atoms with van der Waals surface area (Å²) in [6.45, 7) is 7.50. The van der Waals surface area contributed by atoms with Gasteiger partial charge >= 0.3 is 0 Å². The highest BCUT2D eigenvalue weighted by molar-refractivity contribution is 5.84. The van der Waals surface area contributed by atoms with Crippen LogP contribution in [-0.2, 0) is 9.53 Å². The van der Waals surface area contributed by atoms with Gasteiger partial charge in [0.25, 0.3) is 0 Å². The molecule has 1 saturated heterocycles. The molecule has 0 aromatic rings. The van der Waals surface area contributed by atoms with Crippen LogP contribution >= 0.6 is 0 Å². The Hall–Kier alpha value is -0.410. The van der Waals surface area contributed by atoms with Gasteiger partial charge in [-0.2, -0.15) is 0 Å². The largest absolute Gasteiger partial charge is 0.377 e. The third kappa shape index (κ3) is 3.02. The molecular formula is C12H23NO2. The molecule has 1 unspecified atom stereocenters. The maximum atomic E-state index is 11.5. The first kappa shape index (κ1) is 12.7. The third-order valence-corrected chi connectivity index (χ3v) is 3.15. The van der Waals surface area contributed by atoms with Gasteiger partial charge in [-0.3, -0.25) is 9.69 Å². The average molecular weight is 213 g/mol. The first-order valence-corrected chi connectivity index (χ1v) is 5.85. The summed E-state index contributed by atoms with van der Waals surface area (Å²) in [6.07, 6.45) is 3.04. The Morgan fingerprint density at radius 1 is 1.53 bits per heavy atom. The molecule has 0 aromatic carbocycles. The summed E-state index contributed by atoms with van der Waals surface area (Å²) in [5.74, 6) is 0.346. The van der Waals surface area contributed by atoms with E-state index in [-0.39, 0.29) is 11.6 Å². The van der Waals surface area contributed by atoms with E-state index in [1.165, 1.54) is 0 Å². The Morgan fingerprint density at radius 2 is 2.20 bits per heavy atom. The molecule has 1 aliphatic heterocycles. The Morgan fingerprint density at radius 3 is 2.60 bits per heavy atom. The zero-order chi connectivity index (χ0) is 11.5. The first-order valence-electron chi connectivity index (χ1n) is 5.85. The zero-order valence-corrected chi connectivity index (χ0v) is 10.4. The highest BCUT2D eigenvalue weighted by atomic mass is 16.5. The molecular weight excluding hydrogens is 190 g/mol. The molecule has 1 heterocycles. The minimum Gasteiger partial charge on any atom is -0.377 e. The van der Waals surface area contributed by atoms with Crippen LogP contribution < -0.4 is 0 Å². The number of Topliss-reactive ketones (excluding diaryl/α,β-unsaturated/α-hetero) is 1. The third-order valence-electron chi connectivity index (χ3n) is 3.15. The molecule has 0 N–H and O–H groups in total. The molecule has 1 rings (SSSR count). The van der Waals surface area contributed by atoms with E-state index in [4.69, 9.17) is 4.74 Å². The fourth-order valence-electron chi connectivity index (χ4n) is 2.29. The summed E-state index contributed by atoms with van der Waals surface area (Å²) in [5.41, 5.74) is -0.0316. The summed E-state index contributed by atoms with van der Waals surface area (Å²) in [4.78, 5) is 13.7. The predicted molar refractivity (Wildman–Crippen MR) is 61.0 cm³/mol. The van der Waals surface area contributed by atoms with E-state index in [2.05, 4.69) is 11.8 Å². The summed E-state index contributed by atoms with van der Waals surface area (Å²) < 4.78 is 5.71. The Bertz CT molecular complexity index is 228. The summed E-state index contributed by atoms with van der Waals surface area (Å²) in [5, 5.41) is 0. The van der Waals surface area contributed by atoms with Crippen molar-refractivity contribution in [1.82, 2.24) is 4.90 Å². The van der Waals surface area contributed by atoms with Gasteiger partial charge in [0.05, 0.1) is 24.8 Å². The molecule has 0 bridgehead atoms. The second kappa shape index (κ2) is 5.08. The van der Waals surface area contributed by atoms with Gasteiger partial charge in [0.2, 0.25) is 0 Å². The van der Waals surface area contributed by atoms with Gasteiger partial charge in [-0.15, -0.1) is 0 Å². The van der Waals surface area contributed by atoms with Crippen LogP contribution in [-0.4, -0.2) is 42.5 Å². The molecule has 15 heavy (non-hydrogen) atoms. The van der Waals surface area contributed by atoms with Crippen molar-refractivity contribution in [1.29, 1.82) is 0 Å². The van der Waals surface area contributed by atoms with Crippen molar-refractivity contribution in [2.45, 2.75) is 51.7 Å². The molecule has 0 amide bonds. The molecule has 1 atom stereocenters. The van der Waals surface area contributed by atoms with Gasteiger partial charge in [-0.05, 0) is 27.3 Å². The molecule has 88 valence electrons. The topological polar surface area (TPSA) is 29.5 Å². The van der Waals surface area contributed by atoms with Crippen LogP contribution in [0.5, 0.6) is 0 Å². The van der Waals surface area contributed by atoms with Crippen molar-refractivity contribution in [2.24, 2.45) is 0 Å². The molecule has 0 aromatic heterocycles. The highest BCUT2D eigenvalue weighted by Gasteiger charge is 2.42. The summed E-state index contributed by atoms with van der Waals surface area (Å²) in [7, 11) is 2.03. The first-order chi connectivity index (χ1) is 7.00. The number of ether oxygens (including phenoxy) is 1. The number of ketones is 1. The number of carbonyl (C=O) groups excluding carboxylic acids is 1. The fraction of sp³-hybridized carbons (Fsp3) is 0.917. The lowest BCUT2D eigenvalue weighted by Gasteiger charge is -2.35. The van der Waals surface area contributed by atoms with Gasteiger partial charge in [0, 0.05) is 6.42 Å². The van der Waals surface area contributed by atoms with E-state index >= 15 is 0 Å². The maximum Gasteiger partial charge on any atom is 0.148 e. The second-order valence-electron chi connectivity index (χ2n) is 4.91. The predicted octanol–water partition coefficient (Wildman–Crippen LogP) is 1.85. The number of hydrogen-bond donors (Lipinski definition) is 0. The second-order valence-corrected chi connectivity index (χ2v) is 4.91. The lowest BCUT2D eigenvalue weighted by molar-refractivity contribution is -0.117. The van der Waals surface area contributed by atoms with E-state index in [1.54, 1.807) is 0 Å². The van der Waals surface area contributed by atoms with Crippen molar-refractivity contribution < 1.29 is 9.53 Å². The SMILES string of the molecule is CCCC1(COC(C)C)CC(=O)CN1C. The van der Waals surface area contributed by atoms with E-state index in [1.807, 2.05) is 20.9 Å². The molecule has 0 spiro atoms. The van der Waals surface area contributed by atoms with Crippen LogP contribution in [0.2, 0.25) is 0 Å². The normalized spacial score (nSPS) is 27.9. The number of rotatable bonds is 5. The lowest BCUT2D eigenvalue weighted by Crippen LogP contribution is -2.45. The Labute approximate surface area is 92.8 Å². The molecule has 0 radical (unpaired) electrons. The standard InChI is InChI=1S/C12H23NO2/c1-5-6-12(9-15-10(2)3)7-11(14)8-13(12)4/h10H,5-9H2,1-4H3. The van der Waals surface area contributed by atoms with E-state index < -0.39 is 0 Å². The van der Waals surface area contributed by atoms with Crippen molar-refractivity contribution in [3.05, 3.63) is 0 Å². The zero-order valence-electron chi connectivity index (χ0n) is 10.4. The molecule has 3 nitrogen and oxygen atoms in total. The molecule has 0 aliphatic carbocycles. The smallest absolute Gasteiger partial charge is 0.148 e. The van der Waals surface area contributed by atoms with Crippen molar-refractivity contribution in [2.75, 3.05) is 20.2 Å². The maximum absolute atomic E-state index is 11.5. The number of likely N-dealkylation sites (N-methyl/N-ethyl adjacent to an activating group) is 1. The van der Waals surface area contributed by atoms with E-state index in [0.717, 1.165) is 12.8 Å². The Balaban J connectivity index is 2.65. The van der Waals surface area contributed by atoms with E-state index in [9.17, 15) is 4.79 Å². The van der Waals surface area contributed by atoms with Gasteiger partial charge in [-0.1, -0.05) is 13.3 Å². The average Bonchev–Trinajstić information content (AvgIpc) is 2.40. The minimum absolute atomic E-state index is 0.0316. The van der Waals surface area contributed by atoms with Gasteiger partial charge in [0.1, 0.15) is 5.78 Å². The summed E-state index contributed by atoms with van der Waals surface area (Å²) >= 11 is 0. The minimum atomic E-state index is -0.0316. The van der Waals surface area contributed by atoms with Crippen LogP contribution in [0.25, 0.3) is 0 Å². The van der Waals surface area contributed by atoms with Gasteiger partial charge in [0.15, 0.2) is 0 Å². The van der Waals surface area contributed by atoms with Gasteiger partial charge in [-0.25, -0.2) is 0 Å². The highest BCUT2D eigenvalue weighted by Crippen LogP contribution is 2.31. The van der Waals surface area contributed by atoms with Gasteiger partial charge < -0.3 is 4.74 Å². The molecule has 0 saturated carbocycles. The van der Waals surface area contributed by atoms with Crippen LogP contribution in [0.1, 0.15) is 40.0 Å². The summed E-state index contributed by atoms with van der Waals surface area (Å²) in [6, 6.07) is 0. The lowest BCUT2D eigenvalue weighted by atomic mass is 9.91. The van der Waals surface area contributed by atoms with E-state index in [0.29, 0.717) is 25.4 Å². The molecule has 1 fully saturated rings. The Kier molecular flexibility index (Phi) is 4.29. The van der Waals surface area contributed by atoms with Crippen molar-refractivity contribution in [3.8, 4) is 0 Å².